The van der Waals surface area contributed by atoms with E-state index in [0.29, 0.717) is 11.4 Å². The first-order chi connectivity index (χ1) is 11.3. The average molecular weight is 359 g/mol. The van der Waals surface area contributed by atoms with Crippen LogP contribution in [0.1, 0.15) is 13.3 Å². The lowest BCUT2D eigenvalue weighted by atomic mass is 10.3. The lowest BCUT2D eigenvalue weighted by Crippen LogP contribution is -2.28. The van der Waals surface area contributed by atoms with Gasteiger partial charge in [-0.25, -0.2) is 4.68 Å². The van der Waals surface area contributed by atoms with Gasteiger partial charge >= 0.3 is 6.18 Å². The molecule has 2 heterocycles. The molecule has 128 valence electrons. The zero-order valence-electron chi connectivity index (χ0n) is 12.7. The summed E-state index contributed by atoms with van der Waals surface area (Å²) in [7, 11) is 0. The van der Waals surface area contributed by atoms with E-state index < -0.39 is 18.5 Å². The number of allylic oxidation sites excluding steroid dienone is 1. The van der Waals surface area contributed by atoms with Crippen LogP contribution in [0.25, 0.3) is 5.69 Å². The number of halogens is 4. The zero-order valence-corrected chi connectivity index (χ0v) is 13.4. The molecule has 0 saturated carbocycles. The van der Waals surface area contributed by atoms with Gasteiger partial charge in [-0.3, -0.25) is 9.78 Å². The topological polar surface area (TPSA) is 51.0 Å². The van der Waals surface area contributed by atoms with Gasteiger partial charge in [-0.15, -0.1) is 0 Å². The summed E-state index contributed by atoms with van der Waals surface area (Å²) in [5.74, 6) is -0.602. The molecule has 0 saturated heterocycles. The van der Waals surface area contributed by atoms with Crippen LogP contribution in [0.3, 0.4) is 0 Å². The minimum absolute atomic E-state index is 0.0678. The number of carbonyl (C=O) groups is 1. The Morgan fingerprint density at radius 2 is 2.21 bits per heavy atom. The minimum atomic E-state index is -4.35. The quantitative estimate of drug-likeness (QED) is 0.764. The fourth-order valence-corrected chi connectivity index (χ4v) is 2.21. The van der Waals surface area contributed by atoms with Crippen LogP contribution in [0.2, 0.25) is 5.15 Å². The monoisotopic (exact) mass is 358 g/mol. The van der Waals surface area contributed by atoms with E-state index in [-0.39, 0.29) is 11.7 Å². The predicted octanol–water partition coefficient (Wildman–Crippen LogP) is 3.78. The van der Waals surface area contributed by atoms with Gasteiger partial charge in [-0.1, -0.05) is 17.7 Å². The molecular formula is C15H14ClF3N4O. The van der Waals surface area contributed by atoms with Gasteiger partial charge in [0.05, 0.1) is 24.5 Å². The molecule has 0 spiro atoms. The van der Waals surface area contributed by atoms with Crippen molar-refractivity contribution in [3.8, 4) is 5.69 Å². The summed E-state index contributed by atoms with van der Waals surface area (Å²) in [6.45, 7) is 1.92. The fourth-order valence-electron chi connectivity index (χ4n) is 1.97. The summed E-state index contributed by atoms with van der Waals surface area (Å²) in [5, 5.41) is 4.16. The summed E-state index contributed by atoms with van der Waals surface area (Å²) >= 11 is 6.07. The first kappa shape index (κ1) is 18.0. The molecule has 0 unspecified atom stereocenters. The number of aromatic nitrogens is 3. The third-order valence-electron chi connectivity index (χ3n) is 3.04. The van der Waals surface area contributed by atoms with Crippen molar-refractivity contribution in [3.05, 3.63) is 48.0 Å². The highest BCUT2D eigenvalue weighted by atomic mass is 35.5. The Morgan fingerprint density at radius 3 is 2.79 bits per heavy atom. The summed E-state index contributed by atoms with van der Waals surface area (Å²) in [6.07, 6.45) is 0.838. The Bertz CT molecular complexity index is 728. The molecule has 0 radical (unpaired) electrons. The minimum Gasteiger partial charge on any atom is -0.305 e. The van der Waals surface area contributed by atoms with Gasteiger partial charge < -0.3 is 4.90 Å². The molecule has 0 aliphatic heterocycles. The van der Waals surface area contributed by atoms with Crippen molar-refractivity contribution in [3.63, 3.8) is 0 Å². The maximum absolute atomic E-state index is 12.2. The number of nitrogens with zero attached hydrogens (tertiary/aromatic N) is 4. The molecule has 0 aliphatic carbocycles. The van der Waals surface area contributed by atoms with E-state index in [1.54, 1.807) is 31.5 Å². The maximum atomic E-state index is 12.2. The Morgan fingerprint density at radius 1 is 1.46 bits per heavy atom. The molecular weight excluding hydrogens is 345 g/mol. The van der Waals surface area contributed by atoms with Crippen molar-refractivity contribution >= 4 is 23.2 Å². The van der Waals surface area contributed by atoms with E-state index in [2.05, 4.69) is 10.1 Å². The van der Waals surface area contributed by atoms with Crippen LogP contribution in [-0.2, 0) is 4.79 Å². The van der Waals surface area contributed by atoms with Crippen molar-refractivity contribution in [2.75, 3.05) is 11.4 Å². The second kappa shape index (κ2) is 7.48. The number of pyridine rings is 1. The van der Waals surface area contributed by atoms with Gasteiger partial charge in [0.25, 0.3) is 5.91 Å². The van der Waals surface area contributed by atoms with E-state index in [1.165, 1.54) is 15.8 Å². The number of hydrogen-bond donors (Lipinski definition) is 0. The standard InChI is InChI=1S/C15H14ClF3N4O/c1-2-22(13(24)6-3-7-15(17,18)19)12-10-23(21-14(12)16)11-5-4-8-20-9-11/h3-6,8-10H,2,7H2,1H3/b6-3+. The third kappa shape index (κ3) is 4.58. The lowest BCUT2D eigenvalue weighted by Gasteiger charge is -2.17. The highest BCUT2D eigenvalue weighted by molar-refractivity contribution is 6.32. The van der Waals surface area contributed by atoms with E-state index in [9.17, 15) is 18.0 Å². The second-order valence-electron chi connectivity index (χ2n) is 4.77. The summed E-state index contributed by atoms with van der Waals surface area (Å²) in [4.78, 5) is 17.3. The Balaban J connectivity index is 2.22. The molecule has 2 aromatic rings. The number of carbonyl (C=O) groups excluding carboxylic acids is 1. The van der Waals surface area contributed by atoms with Crippen molar-refractivity contribution in [2.24, 2.45) is 0 Å². The largest absolute Gasteiger partial charge is 0.392 e. The number of amides is 1. The fraction of sp³-hybridized carbons (Fsp3) is 0.267. The molecule has 2 aromatic heterocycles. The molecule has 24 heavy (non-hydrogen) atoms. The number of hydrogen-bond acceptors (Lipinski definition) is 3. The Labute approximate surface area is 141 Å². The van der Waals surface area contributed by atoms with Gasteiger partial charge in [-0.05, 0) is 25.1 Å². The summed E-state index contributed by atoms with van der Waals surface area (Å²) in [5.41, 5.74) is 0.950. The molecule has 5 nitrogen and oxygen atoms in total. The molecule has 0 N–H and O–H groups in total. The number of alkyl halides is 3. The van der Waals surface area contributed by atoms with Crippen LogP contribution >= 0.6 is 11.6 Å². The highest BCUT2D eigenvalue weighted by Gasteiger charge is 2.25. The van der Waals surface area contributed by atoms with Crippen LogP contribution in [-0.4, -0.2) is 33.4 Å². The normalized spacial score (nSPS) is 11.9. The SMILES string of the molecule is CCN(C(=O)/C=C/CC(F)(F)F)c1cn(-c2cccnc2)nc1Cl. The molecule has 1 amide bonds. The van der Waals surface area contributed by atoms with E-state index in [0.717, 1.165) is 12.2 Å². The van der Waals surface area contributed by atoms with Crippen LogP contribution in [0.4, 0.5) is 18.9 Å². The molecule has 0 aromatic carbocycles. The number of likely N-dealkylation sites (N-methyl/N-ethyl adjacent to an activating group) is 1. The Kier molecular flexibility index (Phi) is 5.61. The number of rotatable bonds is 5. The smallest absolute Gasteiger partial charge is 0.305 e. The average Bonchev–Trinajstić information content (AvgIpc) is 2.90. The highest BCUT2D eigenvalue weighted by Crippen LogP contribution is 2.26. The third-order valence-corrected chi connectivity index (χ3v) is 3.31. The first-order valence-corrected chi connectivity index (χ1v) is 7.40. The van der Waals surface area contributed by atoms with Gasteiger partial charge in [0, 0.05) is 12.7 Å². The molecule has 2 rings (SSSR count). The van der Waals surface area contributed by atoms with Gasteiger partial charge in [0.15, 0.2) is 5.15 Å². The summed E-state index contributed by atoms with van der Waals surface area (Å²) < 4.78 is 37.9. The summed E-state index contributed by atoms with van der Waals surface area (Å²) in [6, 6.07) is 3.47. The first-order valence-electron chi connectivity index (χ1n) is 7.02. The van der Waals surface area contributed by atoms with Crippen molar-refractivity contribution < 1.29 is 18.0 Å². The molecule has 0 aliphatic rings. The number of anilines is 1. The van der Waals surface area contributed by atoms with Gasteiger partial charge in [0.2, 0.25) is 0 Å². The van der Waals surface area contributed by atoms with E-state index in [1.807, 2.05) is 0 Å². The maximum Gasteiger partial charge on any atom is 0.392 e. The van der Waals surface area contributed by atoms with E-state index >= 15 is 0 Å². The van der Waals surface area contributed by atoms with Crippen LogP contribution in [0, 0.1) is 0 Å². The molecule has 0 atom stereocenters. The van der Waals surface area contributed by atoms with Crippen molar-refractivity contribution in [1.82, 2.24) is 14.8 Å². The van der Waals surface area contributed by atoms with Crippen LogP contribution in [0.15, 0.2) is 42.9 Å². The Hall–Kier alpha value is -2.35. The second-order valence-corrected chi connectivity index (χ2v) is 5.12. The van der Waals surface area contributed by atoms with E-state index in [4.69, 9.17) is 11.6 Å². The van der Waals surface area contributed by atoms with Crippen LogP contribution < -0.4 is 4.90 Å². The van der Waals surface area contributed by atoms with Crippen molar-refractivity contribution in [2.45, 2.75) is 19.5 Å². The predicted molar refractivity (Wildman–Crippen MR) is 84.2 cm³/mol. The van der Waals surface area contributed by atoms with Gasteiger partial charge in [-0.2, -0.15) is 18.3 Å². The lowest BCUT2D eigenvalue weighted by molar-refractivity contribution is -0.125. The van der Waals surface area contributed by atoms with Crippen LogP contribution in [0.5, 0.6) is 0 Å². The molecule has 0 bridgehead atoms. The molecule has 0 fully saturated rings. The zero-order chi connectivity index (χ0) is 17.7. The molecule has 9 heteroatoms. The van der Waals surface area contributed by atoms with Crippen molar-refractivity contribution in [1.29, 1.82) is 0 Å². The van der Waals surface area contributed by atoms with Gasteiger partial charge in [0.1, 0.15) is 5.69 Å².